The summed E-state index contributed by atoms with van der Waals surface area (Å²) in [6.07, 6.45) is 0. The Bertz CT molecular complexity index is 1360. The maximum atomic E-state index is 13.0. The van der Waals surface area contributed by atoms with E-state index in [2.05, 4.69) is 10.2 Å². The van der Waals surface area contributed by atoms with E-state index < -0.39 is 5.97 Å². The summed E-state index contributed by atoms with van der Waals surface area (Å²) in [5.41, 5.74) is 4.77. The fourth-order valence-corrected chi connectivity index (χ4v) is 4.38. The molecule has 2 aromatic carbocycles. The number of ketones is 1. The molecule has 0 bridgehead atoms. The van der Waals surface area contributed by atoms with E-state index in [1.54, 1.807) is 12.1 Å². The van der Waals surface area contributed by atoms with Crippen LogP contribution in [0.15, 0.2) is 64.2 Å². The number of esters is 1. The highest BCUT2D eigenvalue weighted by Gasteiger charge is 2.19. The summed E-state index contributed by atoms with van der Waals surface area (Å²) in [7, 11) is 1.35. The number of carbonyl (C=O) groups is 2. The Labute approximate surface area is 207 Å². The van der Waals surface area contributed by atoms with E-state index in [4.69, 9.17) is 13.9 Å². The first-order chi connectivity index (χ1) is 16.9. The molecule has 8 nitrogen and oxygen atoms in total. The van der Waals surface area contributed by atoms with Crippen LogP contribution >= 0.6 is 11.8 Å². The lowest BCUT2D eigenvalue weighted by Crippen LogP contribution is -2.06. The van der Waals surface area contributed by atoms with Gasteiger partial charge in [0.05, 0.1) is 18.4 Å². The number of nitrogens with zero attached hydrogens (tertiary/aromatic N) is 3. The number of aromatic nitrogens is 3. The normalized spacial score (nSPS) is 10.9. The van der Waals surface area contributed by atoms with Crippen LogP contribution in [0, 0.1) is 20.8 Å². The van der Waals surface area contributed by atoms with Gasteiger partial charge in [0.1, 0.15) is 5.75 Å². The predicted octanol–water partition coefficient (Wildman–Crippen LogP) is 5.13. The van der Waals surface area contributed by atoms with Crippen LogP contribution in [0.25, 0.3) is 5.69 Å². The van der Waals surface area contributed by atoms with Crippen molar-refractivity contribution in [3.8, 4) is 11.4 Å². The highest BCUT2D eigenvalue weighted by molar-refractivity contribution is 7.99. The third-order valence-corrected chi connectivity index (χ3v) is 6.22. The number of Topliss-reactive ketones (excluding diaryl/α,β-unsaturated/α-hetero) is 1. The number of aryl methyl sites for hydroxylation is 2. The minimum absolute atomic E-state index is 0.0451. The molecule has 0 unspecified atom stereocenters. The Hall–Kier alpha value is -3.85. The van der Waals surface area contributed by atoms with Crippen LogP contribution < -0.4 is 4.74 Å². The number of methoxy groups -OCH3 is 1. The van der Waals surface area contributed by atoms with Gasteiger partial charge >= 0.3 is 5.97 Å². The number of hydrogen-bond donors (Lipinski definition) is 0. The molecule has 0 atom stereocenters. The quantitative estimate of drug-likeness (QED) is 0.181. The Morgan fingerprint density at radius 3 is 2.51 bits per heavy atom. The van der Waals surface area contributed by atoms with Crippen molar-refractivity contribution in [1.82, 2.24) is 14.8 Å². The molecule has 0 spiro atoms. The van der Waals surface area contributed by atoms with E-state index in [0.717, 1.165) is 28.4 Å². The topological polar surface area (TPSA) is 96.5 Å². The SMILES string of the molecule is COC(=O)c1ccc(-n2c(C)cc(C(=O)CSc3nnc(COc4cccc(C)c4)o3)c2C)cc1. The fourth-order valence-electron chi connectivity index (χ4n) is 3.72. The van der Waals surface area contributed by atoms with Crippen LogP contribution in [0.4, 0.5) is 0 Å². The highest BCUT2D eigenvalue weighted by atomic mass is 32.2. The summed E-state index contributed by atoms with van der Waals surface area (Å²) in [5, 5.41) is 8.31. The number of ether oxygens (including phenoxy) is 2. The van der Waals surface area contributed by atoms with Crippen molar-refractivity contribution in [2.45, 2.75) is 32.6 Å². The Kier molecular flexibility index (Phi) is 7.36. The van der Waals surface area contributed by atoms with Gasteiger partial charge in [-0.2, -0.15) is 0 Å². The summed E-state index contributed by atoms with van der Waals surface area (Å²) >= 11 is 1.19. The molecule has 35 heavy (non-hydrogen) atoms. The molecule has 4 aromatic rings. The Morgan fingerprint density at radius 1 is 1.03 bits per heavy atom. The van der Waals surface area contributed by atoms with Crippen LogP contribution in [-0.4, -0.2) is 39.4 Å². The number of carbonyl (C=O) groups excluding carboxylic acids is 2. The van der Waals surface area contributed by atoms with Crippen molar-refractivity contribution in [3.63, 3.8) is 0 Å². The van der Waals surface area contributed by atoms with Crippen molar-refractivity contribution in [2.75, 3.05) is 12.9 Å². The van der Waals surface area contributed by atoms with Crippen LogP contribution in [0.1, 0.15) is 43.6 Å². The van der Waals surface area contributed by atoms with E-state index in [1.165, 1.54) is 18.9 Å². The summed E-state index contributed by atoms with van der Waals surface area (Å²) in [4.78, 5) is 24.6. The third kappa shape index (κ3) is 5.63. The van der Waals surface area contributed by atoms with Gasteiger partial charge in [0, 0.05) is 22.6 Å². The first-order valence-corrected chi connectivity index (χ1v) is 11.9. The predicted molar refractivity (Wildman–Crippen MR) is 131 cm³/mol. The van der Waals surface area contributed by atoms with E-state index in [9.17, 15) is 9.59 Å². The molecule has 0 amide bonds. The van der Waals surface area contributed by atoms with Crippen LogP contribution in [0.5, 0.6) is 5.75 Å². The third-order valence-electron chi connectivity index (χ3n) is 5.41. The van der Waals surface area contributed by atoms with Gasteiger partial charge in [-0.1, -0.05) is 23.9 Å². The summed E-state index contributed by atoms with van der Waals surface area (Å²) < 4.78 is 18.0. The van der Waals surface area contributed by atoms with Gasteiger partial charge in [-0.15, -0.1) is 10.2 Å². The molecular formula is C26H25N3O5S. The fraction of sp³-hybridized carbons (Fsp3) is 0.231. The van der Waals surface area contributed by atoms with Crippen LogP contribution in [0.2, 0.25) is 0 Å². The smallest absolute Gasteiger partial charge is 0.337 e. The molecule has 4 rings (SSSR count). The minimum atomic E-state index is -0.392. The van der Waals surface area contributed by atoms with Crippen molar-refractivity contribution in [3.05, 3.63) is 88.6 Å². The molecule has 0 saturated heterocycles. The van der Waals surface area contributed by atoms with Crippen LogP contribution in [0.3, 0.4) is 0 Å². The molecule has 0 aliphatic carbocycles. The second-order valence-electron chi connectivity index (χ2n) is 7.94. The maximum absolute atomic E-state index is 13.0. The number of thioether (sulfide) groups is 1. The van der Waals surface area contributed by atoms with Gasteiger partial charge in [-0.05, 0) is 68.8 Å². The summed E-state index contributed by atoms with van der Waals surface area (Å²) in [6.45, 7) is 5.97. The lowest BCUT2D eigenvalue weighted by molar-refractivity contribution is 0.0600. The molecule has 0 saturated carbocycles. The molecular weight excluding hydrogens is 466 g/mol. The summed E-state index contributed by atoms with van der Waals surface area (Å²) in [6, 6.07) is 16.6. The number of rotatable bonds is 9. The van der Waals surface area contributed by atoms with Crippen molar-refractivity contribution < 1.29 is 23.5 Å². The Morgan fingerprint density at radius 2 is 1.80 bits per heavy atom. The van der Waals surface area contributed by atoms with E-state index in [-0.39, 0.29) is 18.1 Å². The van der Waals surface area contributed by atoms with Crippen molar-refractivity contribution >= 4 is 23.5 Å². The van der Waals surface area contributed by atoms with Crippen molar-refractivity contribution in [2.24, 2.45) is 0 Å². The lowest BCUT2D eigenvalue weighted by Gasteiger charge is -2.10. The zero-order valence-electron chi connectivity index (χ0n) is 19.9. The molecule has 2 aromatic heterocycles. The van der Waals surface area contributed by atoms with E-state index in [0.29, 0.717) is 22.2 Å². The lowest BCUT2D eigenvalue weighted by atomic mass is 10.2. The van der Waals surface area contributed by atoms with Gasteiger partial charge in [0.2, 0.25) is 0 Å². The molecule has 0 fully saturated rings. The molecule has 9 heteroatoms. The summed E-state index contributed by atoms with van der Waals surface area (Å²) in [5.74, 6) is 0.789. The van der Waals surface area contributed by atoms with Crippen LogP contribution in [-0.2, 0) is 11.3 Å². The second kappa shape index (κ2) is 10.6. The number of hydrogen-bond acceptors (Lipinski definition) is 8. The molecule has 180 valence electrons. The molecule has 2 heterocycles. The maximum Gasteiger partial charge on any atom is 0.337 e. The molecule has 0 aliphatic rings. The second-order valence-corrected chi connectivity index (χ2v) is 8.86. The first kappa shape index (κ1) is 24.3. The van der Waals surface area contributed by atoms with Gasteiger partial charge < -0.3 is 18.5 Å². The van der Waals surface area contributed by atoms with Crippen molar-refractivity contribution in [1.29, 1.82) is 0 Å². The highest BCUT2D eigenvalue weighted by Crippen LogP contribution is 2.25. The van der Waals surface area contributed by atoms with E-state index in [1.807, 2.05) is 67.8 Å². The molecule has 0 aliphatic heterocycles. The zero-order valence-corrected chi connectivity index (χ0v) is 20.7. The molecule has 0 radical (unpaired) electrons. The van der Waals surface area contributed by atoms with Gasteiger partial charge in [0.15, 0.2) is 12.4 Å². The van der Waals surface area contributed by atoms with Gasteiger partial charge in [-0.3, -0.25) is 4.79 Å². The van der Waals surface area contributed by atoms with E-state index >= 15 is 0 Å². The largest absolute Gasteiger partial charge is 0.484 e. The van der Waals surface area contributed by atoms with Gasteiger partial charge in [-0.25, -0.2) is 4.79 Å². The standard InChI is InChI=1S/C26H25N3O5S/c1-16-6-5-7-21(12-16)33-14-24-27-28-26(34-24)35-15-23(30)22-13-17(2)29(18(22)3)20-10-8-19(9-11-20)25(31)32-4/h5-13H,14-15H2,1-4H3. The Balaban J connectivity index is 1.39. The minimum Gasteiger partial charge on any atom is -0.484 e. The molecule has 0 N–H and O–H groups in total. The monoisotopic (exact) mass is 491 g/mol. The average molecular weight is 492 g/mol. The first-order valence-electron chi connectivity index (χ1n) is 10.9. The average Bonchev–Trinajstić information content (AvgIpc) is 3.44. The number of benzene rings is 2. The van der Waals surface area contributed by atoms with Gasteiger partial charge in [0.25, 0.3) is 11.1 Å². The zero-order chi connectivity index (χ0) is 24.9.